The van der Waals surface area contributed by atoms with Crippen LogP contribution in [0.5, 0.6) is 0 Å². The van der Waals surface area contributed by atoms with Gasteiger partial charge in [-0.15, -0.1) is 0 Å². The minimum Gasteiger partial charge on any atom is -0.378 e. The number of hydrogen-bond acceptors (Lipinski definition) is 6. The molecule has 1 saturated carbocycles. The molecule has 29 heavy (non-hydrogen) atoms. The number of hydrogen-bond donors (Lipinski definition) is 1. The summed E-state index contributed by atoms with van der Waals surface area (Å²) in [6, 6.07) is 4.72. The zero-order valence-corrected chi connectivity index (χ0v) is 17.1. The number of methoxy groups -OCH3 is 1. The summed E-state index contributed by atoms with van der Waals surface area (Å²) in [5, 5.41) is 3.08. The maximum absolute atomic E-state index is 11.8. The van der Waals surface area contributed by atoms with Crippen LogP contribution < -0.4 is 10.2 Å². The molecular weight excluding hydrogens is 368 g/mol. The van der Waals surface area contributed by atoms with Crippen molar-refractivity contribution in [1.82, 2.24) is 15.3 Å². The van der Waals surface area contributed by atoms with E-state index in [0.29, 0.717) is 5.92 Å². The highest BCUT2D eigenvalue weighted by atomic mass is 16.5. The van der Waals surface area contributed by atoms with Crippen LogP contribution in [0.2, 0.25) is 0 Å². The normalized spacial score (nSPS) is 22.6. The molecule has 1 aromatic carbocycles. The fourth-order valence-corrected chi connectivity index (χ4v) is 4.51. The molecule has 0 radical (unpaired) electrons. The Morgan fingerprint density at radius 3 is 2.69 bits per heavy atom. The lowest BCUT2D eigenvalue weighted by atomic mass is 9.82. The quantitative estimate of drug-likeness (QED) is 0.805. The summed E-state index contributed by atoms with van der Waals surface area (Å²) in [5.74, 6) is 0.589. The number of nitrogens with zero attached hydrogens (tertiary/aromatic N) is 3. The summed E-state index contributed by atoms with van der Waals surface area (Å²) in [5.41, 5.74) is 4.48. The maximum atomic E-state index is 11.8. The fraction of sp³-hybridized carbons (Fsp3) is 0.591. The zero-order chi connectivity index (χ0) is 20.1. The van der Waals surface area contributed by atoms with Crippen LogP contribution in [0.1, 0.15) is 31.2 Å². The minimum absolute atomic E-state index is 0.0181. The van der Waals surface area contributed by atoms with Gasteiger partial charge in [-0.1, -0.05) is 0 Å². The van der Waals surface area contributed by atoms with E-state index in [1.165, 1.54) is 11.3 Å². The van der Waals surface area contributed by atoms with Crippen LogP contribution >= 0.6 is 0 Å². The Bertz CT molecular complexity index is 830. The van der Waals surface area contributed by atoms with E-state index >= 15 is 0 Å². The Hall–Kier alpha value is -2.25. The van der Waals surface area contributed by atoms with Crippen molar-refractivity contribution in [3.8, 4) is 0 Å². The van der Waals surface area contributed by atoms with Gasteiger partial charge in [0.2, 0.25) is 5.91 Å². The number of nitrogens with one attached hydrogen (secondary N) is 1. The van der Waals surface area contributed by atoms with Crippen molar-refractivity contribution in [2.45, 2.75) is 38.1 Å². The van der Waals surface area contributed by atoms with Gasteiger partial charge >= 0.3 is 0 Å². The largest absolute Gasteiger partial charge is 0.378 e. The van der Waals surface area contributed by atoms with Crippen molar-refractivity contribution in [2.24, 2.45) is 5.92 Å². The number of rotatable bonds is 6. The number of anilines is 1. The molecule has 1 aliphatic carbocycles. The molecule has 0 unspecified atom stereocenters. The number of carbonyl (C=O) groups excluding carboxylic acids is 1. The van der Waals surface area contributed by atoms with Crippen molar-refractivity contribution in [3.63, 3.8) is 0 Å². The van der Waals surface area contributed by atoms with Crippen molar-refractivity contribution in [1.29, 1.82) is 0 Å². The smallest absolute Gasteiger partial charge is 0.246 e. The van der Waals surface area contributed by atoms with Crippen molar-refractivity contribution >= 4 is 22.6 Å². The van der Waals surface area contributed by atoms with Gasteiger partial charge < -0.3 is 19.7 Å². The van der Waals surface area contributed by atoms with Crippen molar-refractivity contribution in [3.05, 3.63) is 30.1 Å². The summed E-state index contributed by atoms with van der Waals surface area (Å²) < 4.78 is 10.4. The molecule has 2 heterocycles. The van der Waals surface area contributed by atoms with E-state index in [2.05, 4.69) is 32.3 Å². The molecule has 1 aromatic heterocycles. The molecule has 7 heteroatoms. The first-order valence-corrected chi connectivity index (χ1v) is 10.6. The summed E-state index contributed by atoms with van der Waals surface area (Å²) >= 11 is 0. The first-order chi connectivity index (χ1) is 14.2. The highest BCUT2D eigenvalue weighted by molar-refractivity contribution is 5.82. The van der Waals surface area contributed by atoms with Crippen molar-refractivity contribution < 1.29 is 14.3 Å². The third-order valence-corrected chi connectivity index (χ3v) is 6.01. The lowest BCUT2D eigenvalue weighted by Gasteiger charge is -2.31. The molecule has 1 N–H and O–H groups in total. The first kappa shape index (κ1) is 20.0. The lowest BCUT2D eigenvalue weighted by Crippen LogP contribution is -2.39. The van der Waals surface area contributed by atoms with Gasteiger partial charge in [0, 0.05) is 44.3 Å². The van der Waals surface area contributed by atoms with E-state index in [1.54, 1.807) is 19.5 Å². The van der Waals surface area contributed by atoms with Gasteiger partial charge in [0.1, 0.15) is 6.61 Å². The van der Waals surface area contributed by atoms with Gasteiger partial charge in [0.25, 0.3) is 0 Å². The van der Waals surface area contributed by atoms with E-state index < -0.39 is 0 Å². The van der Waals surface area contributed by atoms with E-state index in [1.807, 2.05) is 0 Å². The van der Waals surface area contributed by atoms with Crippen LogP contribution in [0.3, 0.4) is 0 Å². The maximum Gasteiger partial charge on any atom is 0.246 e. The number of benzene rings is 1. The SMILES string of the molecule is COCC(=O)NC1CCC(Cc2cc(N3CCOCC3)cc3nccnc23)CC1. The van der Waals surface area contributed by atoms with E-state index in [4.69, 9.17) is 9.47 Å². The highest BCUT2D eigenvalue weighted by Gasteiger charge is 2.24. The van der Waals surface area contributed by atoms with E-state index in [0.717, 1.165) is 69.4 Å². The summed E-state index contributed by atoms with van der Waals surface area (Å²) in [6.45, 7) is 3.51. The van der Waals surface area contributed by atoms with Gasteiger partial charge in [0.05, 0.1) is 24.2 Å². The van der Waals surface area contributed by atoms with Gasteiger partial charge in [-0.2, -0.15) is 0 Å². The van der Waals surface area contributed by atoms with Crippen LogP contribution in [0.25, 0.3) is 11.0 Å². The van der Waals surface area contributed by atoms with Crippen molar-refractivity contribution in [2.75, 3.05) is 44.9 Å². The summed E-state index contributed by atoms with van der Waals surface area (Å²) in [7, 11) is 1.55. The minimum atomic E-state index is -0.0181. The zero-order valence-electron chi connectivity index (χ0n) is 17.1. The Balaban J connectivity index is 1.45. The first-order valence-electron chi connectivity index (χ1n) is 10.6. The summed E-state index contributed by atoms with van der Waals surface area (Å²) in [4.78, 5) is 23.3. The molecule has 156 valence electrons. The van der Waals surface area contributed by atoms with Crippen LogP contribution in [0, 0.1) is 5.92 Å². The molecule has 0 spiro atoms. The molecule has 2 aliphatic rings. The number of ether oxygens (including phenoxy) is 2. The number of aromatic nitrogens is 2. The molecule has 4 rings (SSSR count). The number of fused-ring (bicyclic) bond motifs is 1. The van der Waals surface area contributed by atoms with E-state index in [9.17, 15) is 4.79 Å². The molecule has 2 fully saturated rings. The molecule has 2 aromatic rings. The average Bonchev–Trinajstić information content (AvgIpc) is 2.76. The summed E-state index contributed by atoms with van der Waals surface area (Å²) in [6.07, 6.45) is 8.82. The van der Waals surface area contributed by atoms with Crippen LogP contribution in [0.4, 0.5) is 5.69 Å². The molecule has 0 atom stereocenters. The monoisotopic (exact) mass is 398 g/mol. The van der Waals surface area contributed by atoms with Gasteiger partial charge in [-0.05, 0) is 55.7 Å². The second-order valence-corrected chi connectivity index (χ2v) is 8.05. The number of carbonyl (C=O) groups is 1. The Morgan fingerprint density at radius 1 is 1.17 bits per heavy atom. The Morgan fingerprint density at radius 2 is 1.93 bits per heavy atom. The predicted octanol–water partition coefficient (Wildman–Crippen LogP) is 2.33. The number of morpholine rings is 1. The molecule has 1 saturated heterocycles. The van der Waals surface area contributed by atoms with Gasteiger partial charge in [-0.3, -0.25) is 14.8 Å². The standard InChI is InChI=1S/C22H30N4O3/c1-28-15-21(27)25-18-4-2-16(3-5-18)12-17-13-19(26-8-10-29-11-9-26)14-20-22(17)24-7-6-23-20/h6-7,13-14,16,18H,2-5,8-12,15H2,1H3,(H,25,27). The molecule has 0 bridgehead atoms. The number of amides is 1. The second kappa shape index (κ2) is 9.50. The molecule has 1 amide bonds. The Labute approximate surface area is 171 Å². The fourth-order valence-electron chi connectivity index (χ4n) is 4.51. The van der Waals surface area contributed by atoms with Gasteiger partial charge in [-0.25, -0.2) is 0 Å². The lowest BCUT2D eigenvalue weighted by molar-refractivity contribution is -0.125. The molecular formula is C22H30N4O3. The van der Waals surface area contributed by atoms with E-state index in [-0.39, 0.29) is 18.6 Å². The van der Waals surface area contributed by atoms with Crippen LogP contribution in [-0.2, 0) is 20.7 Å². The second-order valence-electron chi connectivity index (χ2n) is 8.05. The van der Waals surface area contributed by atoms with Crippen LogP contribution in [0.15, 0.2) is 24.5 Å². The average molecular weight is 399 g/mol. The molecule has 1 aliphatic heterocycles. The topological polar surface area (TPSA) is 76.6 Å². The predicted molar refractivity (Wildman–Crippen MR) is 112 cm³/mol. The molecule has 7 nitrogen and oxygen atoms in total. The third kappa shape index (κ3) is 5.03. The highest BCUT2D eigenvalue weighted by Crippen LogP contribution is 2.31. The van der Waals surface area contributed by atoms with Gasteiger partial charge in [0.15, 0.2) is 0 Å². The third-order valence-electron chi connectivity index (χ3n) is 6.01. The van der Waals surface area contributed by atoms with Crippen LogP contribution in [-0.4, -0.2) is 61.9 Å². The Kier molecular flexibility index (Phi) is 6.56.